The molecule has 0 radical (unpaired) electrons. The van der Waals surface area contributed by atoms with Crippen molar-refractivity contribution in [2.45, 2.75) is 0 Å². The second-order valence-electron chi connectivity index (χ2n) is 1.67. The van der Waals surface area contributed by atoms with E-state index in [4.69, 9.17) is 0 Å². The molecule has 0 spiro atoms. The van der Waals surface area contributed by atoms with Crippen LogP contribution in [0.15, 0.2) is 6.20 Å². The number of rotatable bonds is 1. The molecular weight excluding hydrogens is 230 g/mol. The molecule has 0 aliphatic carbocycles. The van der Waals surface area contributed by atoms with Gasteiger partial charge in [-0.2, -0.15) is 0 Å². The first-order chi connectivity index (χ1) is 4.24. The third-order valence-electron chi connectivity index (χ3n) is 0.915. The number of carbonyl (C=O) groups is 1. The molecular formula is C4H4BIN2O. The van der Waals surface area contributed by atoms with Gasteiger partial charge in [-0.1, -0.05) is 0 Å². The van der Waals surface area contributed by atoms with Crippen LogP contribution in [0, 0.1) is 0 Å². The standard InChI is InChI=1S/C4H4BIN2O/c5-3-1-8(6)4(2-9)7-3/h1-2H,5H2. The van der Waals surface area contributed by atoms with Gasteiger partial charge >= 0.3 is 0 Å². The summed E-state index contributed by atoms with van der Waals surface area (Å²) in [5.41, 5.74) is 0.867. The third kappa shape index (κ3) is 1.32. The van der Waals surface area contributed by atoms with Crippen LogP contribution in [0.1, 0.15) is 10.6 Å². The summed E-state index contributed by atoms with van der Waals surface area (Å²) in [4.78, 5) is 14.1. The number of hydrogen-bond acceptors (Lipinski definition) is 2. The number of aromatic nitrogens is 2. The summed E-state index contributed by atoms with van der Waals surface area (Å²) in [6, 6.07) is 0. The Labute approximate surface area is 67.4 Å². The lowest BCUT2D eigenvalue weighted by atomic mass is 10.1. The quantitative estimate of drug-likeness (QED) is 0.360. The molecule has 9 heavy (non-hydrogen) atoms. The maximum Gasteiger partial charge on any atom is 0.186 e. The highest BCUT2D eigenvalue weighted by Gasteiger charge is 1.98. The second kappa shape index (κ2) is 2.51. The fourth-order valence-corrected chi connectivity index (χ4v) is 1.19. The van der Waals surface area contributed by atoms with Gasteiger partial charge in [0.1, 0.15) is 0 Å². The number of halogens is 1. The topological polar surface area (TPSA) is 34.9 Å². The first-order valence-corrected chi connectivity index (χ1v) is 3.38. The molecule has 1 heterocycles. The molecule has 0 aliphatic heterocycles. The summed E-state index contributed by atoms with van der Waals surface area (Å²) in [5, 5.41) is 0. The molecule has 0 aliphatic rings. The van der Waals surface area contributed by atoms with Gasteiger partial charge in [0.05, 0.1) is 22.9 Å². The predicted molar refractivity (Wildman–Crippen MR) is 45.2 cm³/mol. The van der Waals surface area contributed by atoms with Crippen molar-refractivity contribution in [1.29, 1.82) is 0 Å². The van der Waals surface area contributed by atoms with Crippen molar-refractivity contribution in [1.82, 2.24) is 7.76 Å². The number of nitrogens with zero attached hydrogens (tertiary/aromatic N) is 2. The van der Waals surface area contributed by atoms with E-state index in [9.17, 15) is 4.79 Å². The minimum Gasteiger partial charge on any atom is -0.294 e. The van der Waals surface area contributed by atoms with E-state index in [1.807, 2.05) is 30.7 Å². The van der Waals surface area contributed by atoms with E-state index in [-0.39, 0.29) is 0 Å². The number of aldehydes is 1. The first kappa shape index (κ1) is 6.79. The Balaban J connectivity index is 3.15. The minimum absolute atomic E-state index is 0.466. The highest BCUT2D eigenvalue weighted by molar-refractivity contribution is 14.1. The van der Waals surface area contributed by atoms with Gasteiger partial charge in [0, 0.05) is 11.8 Å². The van der Waals surface area contributed by atoms with Crippen LogP contribution >= 0.6 is 22.9 Å². The van der Waals surface area contributed by atoms with Crippen molar-refractivity contribution >= 4 is 42.6 Å². The van der Waals surface area contributed by atoms with Gasteiger partial charge in [0.25, 0.3) is 0 Å². The summed E-state index contributed by atoms with van der Waals surface area (Å²) >= 11 is 2.00. The molecule has 0 N–H and O–H groups in total. The van der Waals surface area contributed by atoms with E-state index in [1.54, 1.807) is 8.98 Å². The van der Waals surface area contributed by atoms with E-state index >= 15 is 0 Å². The van der Waals surface area contributed by atoms with Gasteiger partial charge in [-0.15, -0.1) is 0 Å². The SMILES string of the molecule is Bc1cn(I)c(C=O)n1. The first-order valence-electron chi connectivity index (χ1n) is 2.41. The molecule has 1 rings (SSSR count). The van der Waals surface area contributed by atoms with E-state index in [2.05, 4.69) is 4.98 Å². The van der Waals surface area contributed by atoms with E-state index in [0.29, 0.717) is 5.82 Å². The molecule has 0 amide bonds. The summed E-state index contributed by atoms with van der Waals surface area (Å²) in [7, 11) is 1.85. The molecule has 1 aromatic rings. The van der Waals surface area contributed by atoms with Crippen LogP contribution in [0.3, 0.4) is 0 Å². The maximum absolute atomic E-state index is 10.2. The molecule has 0 fully saturated rings. The Morgan fingerprint density at radius 3 is 2.78 bits per heavy atom. The van der Waals surface area contributed by atoms with Gasteiger partial charge in [0.2, 0.25) is 0 Å². The average Bonchev–Trinajstić information content (AvgIpc) is 2.10. The zero-order valence-electron chi connectivity index (χ0n) is 4.84. The van der Waals surface area contributed by atoms with Crippen molar-refractivity contribution in [2.24, 2.45) is 0 Å². The van der Waals surface area contributed by atoms with Crippen LogP contribution in [0.5, 0.6) is 0 Å². The summed E-state index contributed by atoms with van der Waals surface area (Å²) in [6.45, 7) is 0. The number of hydrogen-bond donors (Lipinski definition) is 0. The molecule has 0 aromatic carbocycles. The Bertz CT molecular complexity index is 234. The zero-order valence-corrected chi connectivity index (χ0v) is 6.99. The van der Waals surface area contributed by atoms with Gasteiger partial charge in [-0.05, 0) is 0 Å². The molecule has 0 atom stereocenters. The Morgan fingerprint density at radius 1 is 1.89 bits per heavy atom. The predicted octanol–water partition coefficient (Wildman–Crippen LogP) is -0.848. The van der Waals surface area contributed by atoms with Crippen LogP contribution in [0.25, 0.3) is 0 Å². The van der Waals surface area contributed by atoms with Gasteiger partial charge in [-0.3, -0.25) is 7.58 Å². The fraction of sp³-hybridized carbons (Fsp3) is 0. The molecule has 3 nitrogen and oxygen atoms in total. The summed E-state index contributed by atoms with van der Waals surface area (Å²) in [6.07, 6.45) is 2.53. The van der Waals surface area contributed by atoms with Crippen LogP contribution < -0.4 is 5.59 Å². The smallest absolute Gasteiger partial charge is 0.186 e. The Morgan fingerprint density at radius 2 is 2.56 bits per heavy atom. The lowest BCUT2D eigenvalue weighted by Gasteiger charge is -1.83. The summed E-state index contributed by atoms with van der Waals surface area (Å²) in [5.74, 6) is 0.466. The lowest BCUT2D eigenvalue weighted by molar-refractivity contribution is 0.111. The number of carbonyl (C=O) groups excluding carboxylic acids is 1. The maximum atomic E-state index is 10.2. The highest BCUT2D eigenvalue weighted by atomic mass is 127. The molecule has 0 saturated carbocycles. The molecule has 5 heteroatoms. The number of imidazole rings is 1. The largest absolute Gasteiger partial charge is 0.294 e. The minimum atomic E-state index is 0.466. The van der Waals surface area contributed by atoms with Crippen molar-refractivity contribution in [3.8, 4) is 0 Å². The highest BCUT2D eigenvalue weighted by Crippen LogP contribution is 1.95. The van der Waals surface area contributed by atoms with Crippen molar-refractivity contribution < 1.29 is 4.79 Å². The van der Waals surface area contributed by atoms with Gasteiger partial charge in [-0.25, -0.2) is 4.98 Å². The Kier molecular flexibility index (Phi) is 1.89. The normalized spacial score (nSPS) is 9.44. The van der Waals surface area contributed by atoms with Gasteiger partial charge in [0.15, 0.2) is 20.0 Å². The lowest BCUT2D eigenvalue weighted by Crippen LogP contribution is -2.01. The molecule has 0 unspecified atom stereocenters. The molecule has 46 valence electrons. The molecule has 1 aromatic heterocycles. The van der Waals surface area contributed by atoms with E-state index < -0.39 is 0 Å². The Hall–Kier alpha value is -0.325. The van der Waals surface area contributed by atoms with Crippen molar-refractivity contribution in [2.75, 3.05) is 0 Å². The van der Waals surface area contributed by atoms with Crippen LogP contribution in [-0.2, 0) is 0 Å². The second-order valence-corrected chi connectivity index (χ2v) is 2.71. The fourth-order valence-electron chi connectivity index (χ4n) is 0.564. The van der Waals surface area contributed by atoms with Crippen LogP contribution in [0.2, 0.25) is 0 Å². The monoisotopic (exact) mass is 234 g/mol. The van der Waals surface area contributed by atoms with E-state index in [0.717, 1.165) is 11.9 Å². The van der Waals surface area contributed by atoms with Gasteiger partial charge < -0.3 is 0 Å². The van der Waals surface area contributed by atoms with Crippen LogP contribution in [-0.4, -0.2) is 21.9 Å². The molecule has 0 bridgehead atoms. The average molecular weight is 234 g/mol. The van der Waals surface area contributed by atoms with E-state index in [1.165, 1.54) is 0 Å². The zero-order chi connectivity index (χ0) is 6.85. The van der Waals surface area contributed by atoms with Crippen molar-refractivity contribution in [3.63, 3.8) is 0 Å². The van der Waals surface area contributed by atoms with Crippen molar-refractivity contribution in [3.05, 3.63) is 12.0 Å². The molecule has 0 saturated heterocycles. The third-order valence-corrected chi connectivity index (χ3v) is 1.69. The summed E-state index contributed by atoms with van der Waals surface area (Å²) < 4.78 is 1.67. The van der Waals surface area contributed by atoms with Crippen LogP contribution in [0.4, 0.5) is 0 Å².